The quantitative estimate of drug-likeness (QED) is 0.867. The van der Waals surface area contributed by atoms with E-state index in [-0.39, 0.29) is 6.29 Å². The minimum Gasteiger partial charge on any atom is -0.393 e. The number of nitrogens with zero attached hydrogens (tertiary/aromatic N) is 2. The lowest BCUT2D eigenvalue weighted by atomic mass is 10.1. The van der Waals surface area contributed by atoms with Crippen LogP contribution in [0, 0.1) is 0 Å². The number of ether oxygens (including phenoxy) is 2. The van der Waals surface area contributed by atoms with Crippen LogP contribution in [-0.4, -0.2) is 40.5 Å². The van der Waals surface area contributed by atoms with Crippen molar-refractivity contribution in [3.05, 3.63) is 16.4 Å². The largest absolute Gasteiger partial charge is 0.393 e. The maximum Gasteiger partial charge on any atom is 0.160 e. The van der Waals surface area contributed by atoms with Crippen molar-refractivity contribution >= 4 is 11.6 Å². The molecule has 0 amide bonds. The highest BCUT2D eigenvalue weighted by molar-refractivity contribution is 6.31. The summed E-state index contributed by atoms with van der Waals surface area (Å²) in [7, 11) is 0. The zero-order valence-corrected chi connectivity index (χ0v) is 12.2. The SMILES string of the molecule is CCc1nn(CC)c(CC(O)CC2OCCO2)c1Cl. The molecule has 0 radical (unpaired) electrons. The Morgan fingerprint density at radius 3 is 2.68 bits per heavy atom. The van der Waals surface area contributed by atoms with Crippen LogP contribution in [0.3, 0.4) is 0 Å². The molecule has 2 heterocycles. The average molecular weight is 289 g/mol. The molecular weight excluding hydrogens is 268 g/mol. The molecule has 1 fully saturated rings. The van der Waals surface area contributed by atoms with E-state index < -0.39 is 6.10 Å². The first kappa shape index (κ1) is 14.8. The van der Waals surface area contributed by atoms with E-state index in [2.05, 4.69) is 5.10 Å². The fraction of sp³-hybridized carbons (Fsp3) is 0.769. The summed E-state index contributed by atoms with van der Waals surface area (Å²) in [5.74, 6) is 0. The van der Waals surface area contributed by atoms with Gasteiger partial charge in [-0.25, -0.2) is 0 Å². The Morgan fingerprint density at radius 2 is 2.11 bits per heavy atom. The first-order chi connectivity index (χ1) is 9.15. The van der Waals surface area contributed by atoms with Crippen LogP contribution in [0.25, 0.3) is 0 Å². The van der Waals surface area contributed by atoms with E-state index in [0.29, 0.717) is 31.1 Å². The van der Waals surface area contributed by atoms with Crippen molar-refractivity contribution in [3.63, 3.8) is 0 Å². The van der Waals surface area contributed by atoms with Crippen LogP contribution in [0.15, 0.2) is 0 Å². The van der Waals surface area contributed by atoms with Gasteiger partial charge in [-0.2, -0.15) is 5.10 Å². The van der Waals surface area contributed by atoms with Gasteiger partial charge < -0.3 is 14.6 Å². The Balaban J connectivity index is 2.02. The maximum atomic E-state index is 10.1. The van der Waals surface area contributed by atoms with Gasteiger partial charge in [0.05, 0.1) is 35.7 Å². The van der Waals surface area contributed by atoms with Gasteiger partial charge >= 0.3 is 0 Å². The van der Waals surface area contributed by atoms with Crippen molar-refractivity contribution in [1.29, 1.82) is 0 Å². The molecule has 0 bridgehead atoms. The second kappa shape index (κ2) is 6.70. The summed E-state index contributed by atoms with van der Waals surface area (Å²) in [4.78, 5) is 0. The van der Waals surface area contributed by atoms with E-state index in [0.717, 1.165) is 24.4 Å². The van der Waals surface area contributed by atoms with Gasteiger partial charge in [0.15, 0.2) is 6.29 Å². The predicted octanol–water partition coefficient (Wildman–Crippen LogP) is 1.79. The maximum absolute atomic E-state index is 10.1. The fourth-order valence-corrected chi connectivity index (χ4v) is 2.63. The first-order valence-corrected chi connectivity index (χ1v) is 7.18. The summed E-state index contributed by atoms with van der Waals surface area (Å²) >= 11 is 6.31. The Bertz CT molecular complexity index is 416. The number of hydrogen-bond donors (Lipinski definition) is 1. The molecule has 6 heteroatoms. The van der Waals surface area contributed by atoms with Gasteiger partial charge in [0.2, 0.25) is 0 Å². The van der Waals surface area contributed by atoms with Crippen LogP contribution in [0.1, 0.15) is 31.7 Å². The van der Waals surface area contributed by atoms with E-state index >= 15 is 0 Å². The van der Waals surface area contributed by atoms with Crippen molar-refractivity contribution in [1.82, 2.24) is 9.78 Å². The third kappa shape index (κ3) is 3.48. The van der Waals surface area contributed by atoms with Crippen molar-refractivity contribution in [2.45, 2.75) is 52.0 Å². The van der Waals surface area contributed by atoms with Crippen LogP contribution in [-0.2, 0) is 28.9 Å². The normalized spacial score (nSPS) is 18.1. The lowest BCUT2D eigenvalue weighted by Gasteiger charge is -2.15. The Kier molecular flexibility index (Phi) is 5.21. The Hall–Kier alpha value is -0.620. The van der Waals surface area contributed by atoms with Crippen LogP contribution < -0.4 is 0 Å². The van der Waals surface area contributed by atoms with E-state index in [1.165, 1.54) is 0 Å². The molecule has 0 saturated carbocycles. The van der Waals surface area contributed by atoms with Gasteiger partial charge in [-0.1, -0.05) is 18.5 Å². The summed E-state index contributed by atoms with van der Waals surface area (Å²) in [5.41, 5.74) is 1.78. The molecule has 5 nitrogen and oxygen atoms in total. The molecule has 1 aromatic rings. The van der Waals surface area contributed by atoms with Crippen molar-refractivity contribution in [2.24, 2.45) is 0 Å². The fourth-order valence-electron chi connectivity index (χ4n) is 2.28. The molecule has 1 aromatic heterocycles. The number of halogens is 1. The number of aliphatic hydroxyl groups excluding tert-OH is 1. The zero-order chi connectivity index (χ0) is 13.8. The Morgan fingerprint density at radius 1 is 1.42 bits per heavy atom. The highest BCUT2D eigenvalue weighted by Gasteiger charge is 2.23. The average Bonchev–Trinajstić information content (AvgIpc) is 2.99. The molecule has 0 aromatic carbocycles. The third-order valence-electron chi connectivity index (χ3n) is 3.28. The molecule has 19 heavy (non-hydrogen) atoms. The smallest absolute Gasteiger partial charge is 0.160 e. The van der Waals surface area contributed by atoms with E-state index in [9.17, 15) is 5.11 Å². The second-order valence-electron chi connectivity index (χ2n) is 4.64. The number of aliphatic hydroxyl groups is 1. The molecule has 0 spiro atoms. The third-order valence-corrected chi connectivity index (χ3v) is 3.71. The first-order valence-electron chi connectivity index (χ1n) is 6.81. The van der Waals surface area contributed by atoms with Crippen molar-refractivity contribution in [3.8, 4) is 0 Å². The summed E-state index contributed by atoms with van der Waals surface area (Å²) in [6, 6.07) is 0. The molecule has 1 aliphatic rings. The number of hydrogen-bond acceptors (Lipinski definition) is 4. The van der Waals surface area contributed by atoms with Gasteiger partial charge in [-0.15, -0.1) is 0 Å². The molecule has 1 unspecified atom stereocenters. The monoisotopic (exact) mass is 288 g/mol. The minimum absolute atomic E-state index is 0.294. The van der Waals surface area contributed by atoms with Crippen LogP contribution in [0.4, 0.5) is 0 Å². The van der Waals surface area contributed by atoms with Gasteiger partial charge in [0, 0.05) is 19.4 Å². The van der Waals surface area contributed by atoms with Crippen LogP contribution >= 0.6 is 11.6 Å². The number of aryl methyl sites for hydroxylation is 2. The van der Waals surface area contributed by atoms with E-state index in [1.807, 2.05) is 18.5 Å². The van der Waals surface area contributed by atoms with Crippen molar-refractivity contribution in [2.75, 3.05) is 13.2 Å². The molecule has 108 valence electrons. The van der Waals surface area contributed by atoms with Gasteiger partial charge in [0.25, 0.3) is 0 Å². The van der Waals surface area contributed by atoms with Crippen molar-refractivity contribution < 1.29 is 14.6 Å². The van der Waals surface area contributed by atoms with E-state index in [1.54, 1.807) is 0 Å². The topological polar surface area (TPSA) is 56.5 Å². The number of aromatic nitrogens is 2. The number of rotatable bonds is 6. The van der Waals surface area contributed by atoms with Gasteiger partial charge in [0.1, 0.15) is 0 Å². The highest BCUT2D eigenvalue weighted by Crippen LogP contribution is 2.24. The lowest BCUT2D eigenvalue weighted by molar-refractivity contribution is -0.0700. The molecule has 0 aliphatic carbocycles. The molecule has 1 saturated heterocycles. The summed E-state index contributed by atoms with van der Waals surface area (Å²) in [6.07, 6.45) is 0.907. The molecule has 1 atom stereocenters. The van der Waals surface area contributed by atoms with Crippen LogP contribution in [0.5, 0.6) is 0 Å². The van der Waals surface area contributed by atoms with Crippen LogP contribution in [0.2, 0.25) is 5.02 Å². The molecule has 1 aliphatic heterocycles. The minimum atomic E-state index is -0.535. The predicted molar refractivity (Wildman–Crippen MR) is 72.3 cm³/mol. The molecular formula is C13H21ClN2O3. The summed E-state index contributed by atoms with van der Waals surface area (Å²) < 4.78 is 12.5. The van der Waals surface area contributed by atoms with Gasteiger partial charge in [-0.05, 0) is 13.3 Å². The molecule has 1 N–H and O–H groups in total. The van der Waals surface area contributed by atoms with Gasteiger partial charge in [-0.3, -0.25) is 4.68 Å². The lowest BCUT2D eigenvalue weighted by Crippen LogP contribution is -2.22. The standard InChI is InChI=1S/C13H21ClN2O3/c1-3-10-13(14)11(16(4-2)15-10)7-9(17)8-12-18-5-6-19-12/h9,12,17H,3-8H2,1-2H3. The highest BCUT2D eigenvalue weighted by atomic mass is 35.5. The molecule has 2 rings (SSSR count). The Labute approximate surface area is 118 Å². The summed E-state index contributed by atoms with van der Waals surface area (Å²) in [6.45, 7) is 5.99. The zero-order valence-electron chi connectivity index (χ0n) is 11.4. The summed E-state index contributed by atoms with van der Waals surface area (Å²) in [5, 5.41) is 15.2. The van der Waals surface area contributed by atoms with E-state index in [4.69, 9.17) is 21.1 Å². The second-order valence-corrected chi connectivity index (χ2v) is 5.02.